The number of piperidine rings is 1. The van der Waals surface area contributed by atoms with Crippen LogP contribution in [0.1, 0.15) is 54.3 Å². The smallest absolute Gasteiger partial charge is 0.387 e. The average molecular weight is 499 g/mol. The second-order valence-electron chi connectivity index (χ2n) is 9.23. The Balaban J connectivity index is 1.35. The molecular weight excluding hydrogens is 470 g/mol. The summed E-state index contributed by atoms with van der Waals surface area (Å²) in [6.45, 7) is -1.45. The quantitative estimate of drug-likeness (QED) is 0.632. The highest BCUT2D eigenvalue weighted by Gasteiger charge is 2.38. The minimum atomic E-state index is -2.89. The predicted octanol–water partition coefficient (Wildman–Crippen LogP) is 4.31. The first-order valence-corrected chi connectivity index (χ1v) is 13.3. The number of nitrogens with zero attached hydrogens (tertiary/aromatic N) is 4. The fourth-order valence-corrected chi connectivity index (χ4v) is 5.87. The maximum Gasteiger partial charge on any atom is 0.387 e. The van der Waals surface area contributed by atoms with Crippen LogP contribution in [0.15, 0.2) is 28.8 Å². The Morgan fingerprint density at radius 1 is 1.06 bits per heavy atom. The molecule has 3 heterocycles. The number of rotatable bonds is 5. The molecule has 1 aromatic heterocycles. The largest absolute Gasteiger partial charge is 0.435 e. The van der Waals surface area contributed by atoms with Gasteiger partial charge in [-0.3, -0.25) is 9.11 Å². The highest BCUT2D eigenvalue weighted by Crippen LogP contribution is 2.42. The first-order chi connectivity index (χ1) is 16.3. The van der Waals surface area contributed by atoms with E-state index in [1.54, 1.807) is 21.9 Å². The zero-order valence-corrected chi connectivity index (χ0v) is 19.4. The number of benzene rings is 1. The van der Waals surface area contributed by atoms with Crippen LogP contribution in [-0.2, 0) is 0 Å². The van der Waals surface area contributed by atoms with Crippen molar-refractivity contribution >= 4 is 16.6 Å². The molecule has 12 heteroatoms. The van der Waals surface area contributed by atoms with Gasteiger partial charge in [-0.2, -0.15) is 24.4 Å². The number of aromatic nitrogens is 2. The number of halogens is 2. The van der Waals surface area contributed by atoms with Crippen molar-refractivity contribution in [2.75, 3.05) is 37.7 Å². The third-order valence-electron chi connectivity index (χ3n) is 6.69. The average Bonchev–Trinajstić information content (AvgIpc) is 3.55. The van der Waals surface area contributed by atoms with E-state index in [-0.39, 0.29) is 35.1 Å². The summed E-state index contributed by atoms with van der Waals surface area (Å²) in [5.41, 5.74) is 0.902. The van der Waals surface area contributed by atoms with Crippen LogP contribution in [-0.4, -0.2) is 79.4 Å². The van der Waals surface area contributed by atoms with Crippen molar-refractivity contribution < 1.29 is 31.9 Å². The molecule has 0 radical (unpaired) electrons. The topological polar surface area (TPSA) is 112 Å². The molecule has 3 aliphatic rings. The first-order valence-electron chi connectivity index (χ1n) is 11.4. The Kier molecular flexibility index (Phi) is 6.38. The molecule has 2 aromatic rings. The van der Waals surface area contributed by atoms with E-state index >= 15 is 0 Å². The Morgan fingerprint density at radius 3 is 2.38 bits per heavy atom. The number of carbonyl (C=O) groups is 1. The monoisotopic (exact) mass is 498 g/mol. The van der Waals surface area contributed by atoms with Gasteiger partial charge in [0.15, 0.2) is 5.82 Å². The lowest BCUT2D eigenvalue weighted by atomic mass is 9.84. The molecule has 5 rings (SSSR count). The number of alkyl halides is 2. The van der Waals surface area contributed by atoms with E-state index in [0.717, 1.165) is 18.4 Å². The van der Waals surface area contributed by atoms with E-state index in [0.29, 0.717) is 50.2 Å². The molecule has 2 amide bonds. The van der Waals surface area contributed by atoms with Gasteiger partial charge in [-0.1, -0.05) is 17.3 Å². The van der Waals surface area contributed by atoms with Gasteiger partial charge >= 0.3 is 12.6 Å². The van der Waals surface area contributed by atoms with Crippen molar-refractivity contribution in [3.8, 4) is 5.75 Å². The normalized spacial score (nSPS) is 25.9. The first kappa shape index (κ1) is 23.3. The molecule has 1 aliphatic carbocycles. The van der Waals surface area contributed by atoms with Gasteiger partial charge < -0.3 is 19.1 Å². The number of urea groups is 1. The van der Waals surface area contributed by atoms with Gasteiger partial charge in [-0.05, 0) is 37.0 Å². The van der Waals surface area contributed by atoms with Crippen molar-refractivity contribution in [3.63, 3.8) is 0 Å². The van der Waals surface area contributed by atoms with E-state index in [2.05, 4.69) is 14.9 Å². The molecule has 1 aromatic carbocycles. The van der Waals surface area contributed by atoms with E-state index in [9.17, 15) is 22.7 Å². The zero-order chi connectivity index (χ0) is 23.9. The summed E-state index contributed by atoms with van der Waals surface area (Å²) in [4.78, 5) is 21.3. The fourth-order valence-electron chi connectivity index (χ4n) is 4.64. The van der Waals surface area contributed by atoms with Crippen LogP contribution < -0.4 is 4.74 Å². The summed E-state index contributed by atoms with van der Waals surface area (Å²) >= 11 is 0. The number of hydrogen-bond donors (Lipinski definition) is 2. The molecule has 34 heavy (non-hydrogen) atoms. The van der Waals surface area contributed by atoms with Crippen LogP contribution in [0.2, 0.25) is 0 Å². The SMILES string of the molecule is O=C(N1CCS(O)(O)CC1)N1CC(c2ccc(OC(F)F)cc2)CC(c2nc(C3CC3)no2)C1. The second kappa shape index (κ2) is 9.31. The van der Waals surface area contributed by atoms with Crippen molar-refractivity contribution in [1.82, 2.24) is 19.9 Å². The molecule has 9 nitrogen and oxygen atoms in total. The van der Waals surface area contributed by atoms with Crippen LogP contribution in [0.4, 0.5) is 13.6 Å². The van der Waals surface area contributed by atoms with Gasteiger partial charge in [-0.15, -0.1) is 0 Å². The second-order valence-corrected chi connectivity index (χ2v) is 11.6. The molecule has 0 bridgehead atoms. The van der Waals surface area contributed by atoms with Crippen molar-refractivity contribution in [2.24, 2.45) is 0 Å². The summed E-state index contributed by atoms with van der Waals surface area (Å²) in [5, 5.41) is 4.13. The van der Waals surface area contributed by atoms with Gasteiger partial charge in [0, 0.05) is 38.0 Å². The molecule has 3 fully saturated rings. The Bertz CT molecular complexity index is 1010. The number of amides is 2. The fraction of sp³-hybridized carbons (Fsp3) is 0.591. The third-order valence-corrected chi connectivity index (χ3v) is 8.37. The molecule has 2 aliphatic heterocycles. The third kappa shape index (κ3) is 5.28. The maximum atomic E-state index is 13.3. The number of hydrogen-bond acceptors (Lipinski definition) is 7. The number of ether oxygens (including phenoxy) is 1. The van der Waals surface area contributed by atoms with Crippen molar-refractivity contribution in [2.45, 2.75) is 43.6 Å². The van der Waals surface area contributed by atoms with Crippen molar-refractivity contribution in [1.29, 1.82) is 0 Å². The highest BCUT2D eigenvalue weighted by molar-refractivity contribution is 8.24. The van der Waals surface area contributed by atoms with E-state index in [4.69, 9.17) is 4.52 Å². The summed E-state index contributed by atoms with van der Waals surface area (Å²) in [5.74, 6) is 1.79. The van der Waals surface area contributed by atoms with Crippen LogP contribution >= 0.6 is 10.6 Å². The van der Waals surface area contributed by atoms with Crippen molar-refractivity contribution in [3.05, 3.63) is 41.5 Å². The Labute approximate surface area is 197 Å². The summed E-state index contributed by atoms with van der Waals surface area (Å²) in [7, 11) is -2.61. The summed E-state index contributed by atoms with van der Waals surface area (Å²) in [6, 6.07) is 6.33. The lowest BCUT2D eigenvalue weighted by Gasteiger charge is -2.44. The van der Waals surface area contributed by atoms with E-state index in [1.807, 2.05) is 0 Å². The van der Waals surface area contributed by atoms with Crippen LogP contribution in [0.3, 0.4) is 0 Å². The molecule has 186 valence electrons. The number of likely N-dealkylation sites (tertiary alicyclic amines) is 1. The van der Waals surface area contributed by atoms with Gasteiger partial charge in [0.05, 0.1) is 17.4 Å². The minimum Gasteiger partial charge on any atom is -0.435 e. The van der Waals surface area contributed by atoms with Crippen LogP contribution in [0, 0.1) is 0 Å². The standard InChI is InChI=1S/C22H28F2N4O5S/c23-21(24)32-18-5-3-14(4-6-18)16-11-17(20-25-19(26-33-20)15-1-2-15)13-28(12-16)22(29)27-7-9-34(30,31)10-8-27/h3-6,15-17,21,30-31H,1-2,7-13H2. The lowest BCUT2D eigenvalue weighted by Crippen LogP contribution is -2.52. The van der Waals surface area contributed by atoms with Gasteiger partial charge in [0.25, 0.3) is 0 Å². The van der Waals surface area contributed by atoms with E-state index in [1.165, 1.54) is 12.1 Å². The van der Waals surface area contributed by atoms with Crippen LogP contribution in [0.25, 0.3) is 0 Å². The van der Waals surface area contributed by atoms with E-state index < -0.39 is 17.2 Å². The van der Waals surface area contributed by atoms with Crippen LogP contribution in [0.5, 0.6) is 5.75 Å². The molecule has 2 N–H and O–H groups in total. The molecule has 0 spiro atoms. The molecule has 1 saturated carbocycles. The summed E-state index contributed by atoms with van der Waals surface area (Å²) in [6.07, 6.45) is 2.78. The lowest BCUT2D eigenvalue weighted by molar-refractivity contribution is -0.0498. The molecular formula is C22H28F2N4O5S. The van der Waals surface area contributed by atoms with Gasteiger partial charge in [0.2, 0.25) is 5.89 Å². The molecule has 2 saturated heterocycles. The van der Waals surface area contributed by atoms with Gasteiger partial charge in [-0.25, -0.2) is 4.79 Å². The predicted molar refractivity (Wildman–Crippen MR) is 121 cm³/mol. The Morgan fingerprint density at radius 2 is 1.74 bits per heavy atom. The maximum absolute atomic E-state index is 13.3. The molecule has 2 unspecified atom stereocenters. The minimum absolute atomic E-state index is 0.0650. The zero-order valence-electron chi connectivity index (χ0n) is 18.6. The number of carbonyl (C=O) groups excluding carboxylic acids is 1. The van der Waals surface area contributed by atoms with Gasteiger partial charge in [0.1, 0.15) is 5.75 Å². The molecule has 2 atom stereocenters. The Hall–Kier alpha value is -2.44. The highest BCUT2D eigenvalue weighted by atomic mass is 32.3. The summed E-state index contributed by atoms with van der Waals surface area (Å²) < 4.78 is 54.9.